The summed E-state index contributed by atoms with van der Waals surface area (Å²) in [6, 6.07) is 22.8. The van der Waals surface area contributed by atoms with Gasteiger partial charge in [0.2, 0.25) is 5.95 Å². The van der Waals surface area contributed by atoms with Crippen molar-refractivity contribution in [3.8, 4) is 0 Å². The zero-order valence-corrected chi connectivity index (χ0v) is 19.3. The van der Waals surface area contributed by atoms with Gasteiger partial charge in [-0.25, -0.2) is 17.8 Å². The summed E-state index contributed by atoms with van der Waals surface area (Å²) in [6.45, 7) is 0. The number of hydrogen-bond donors (Lipinski definition) is 2. The number of nitrogens with one attached hydrogen (secondary N) is 2. The number of anilines is 2. The third kappa shape index (κ3) is 4.45. The molecule has 4 aromatic rings. The van der Waals surface area contributed by atoms with E-state index in [9.17, 15) is 8.42 Å². The minimum absolute atomic E-state index is 0.0425. The van der Waals surface area contributed by atoms with Gasteiger partial charge in [0, 0.05) is 15.7 Å². The second-order valence-corrected chi connectivity index (χ2v) is 9.89. The summed E-state index contributed by atoms with van der Waals surface area (Å²) >= 11 is 11.9. The fourth-order valence-electron chi connectivity index (χ4n) is 3.51. The van der Waals surface area contributed by atoms with Crippen molar-refractivity contribution in [1.29, 1.82) is 0 Å². The molecule has 0 saturated heterocycles. The molecule has 2 heterocycles. The van der Waals surface area contributed by atoms with Crippen LogP contribution in [0.3, 0.4) is 0 Å². The summed E-state index contributed by atoms with van der Waals surface area (Å²) in [5, 5.41) is 8.76. The van der Waals surface area contributed by atoms with Crippen molar-refractivity contribution in [2.24, 2.45) is 0 Å². The van der Waals surface area contributed by atoms with Crippen LogP contribution in [0.25, 0.3) is 5.70 Å². The molecule has 2 N–H and O–H groups in total. The van der Waals surface area contributed by atoms with E-state index in [4.69, 9.17) is 23.2 Å². The zero-order chi connectivity index (χ0) is 23.0. The highest BCUT2D eigenvalue weighted by molar-refractivity contribution is 7.92. The van der Waals surface area contributed by atoms with Crippen LogP contribution in [0, 0.1) is 0 Å². The fraction of sp³-hybridized carbons (Fsp3) is 0.0435. The Morgan fingerprint density at radius 3 is 2.18 bits per heavy atom. The molecule has 33 heavy (non-hydrogen) atoms. The number of nitrogens with zero attached hydrogens (tertiary/aromatic N) is 3. The van der Waals surface area contributed by atoms with E-state index in [0.29, 0.717) is 16.0 Å². The van der Waals surface area contributed by atoms with Gasteiger partial charge in [-0.15, -0.1) is 5.10 Å². The first-order valence-electron chi connectivity index (χ1n) is 9.94. The molecule has 0 amide bonds. The van der Waals surface area contributed by atoms with E-state index in [0.717, 1.165) is 16.8 Å². The molecule has 0 unspecified atom stereocenters. The summed E-state index contributed by atoms with van der Waals surface area (Å²) < 4.78 is 29.7. The Labute approximate surface area is 200 Å². The van der Waals surface area contributed by atoms with Crippen molar-refractivity contribution in [3.05, 3.63) is 106 Å². The van der Waals surface area contributed by atoms with Crippen molar-refractivity contribution in [2.75, 3.05) is 10.0 Å². The molecule has 166 valence electrons. The standard InChI is InChI=1S/C23H17Cl2N5O2S/c24-17-8-6-15(7-9-17)20-14-21(16-4-2-1-3-5-16)30-23(26-20)27-22(28-30)29-33(31,32)19-12-10-18(25)11-13-19/h1-14,21H,(H2,26,27,28,29)/t21-/m0/s1. The first-order valence-corrected chi connectivity index (χ1v) is 12.2. The van der Waals surface area contributed by atoms with Crippen molar-refractivity contribution >= 4 is 50.8 Å². The summed E-state index contributed by atoms with van der Waals surface area (Å²) in [7, 11) is -3.89. The smallest absolute Gasteiger partial charge is 0.264 e. The molecule has 0 aliphatic carbocycles. The van der Waals surface area contributed by atoms with Gasteiger partial charge >= 0.3 is 0 Å². The summed E-state index contributed by atoms with van der Waals surface area (Å²) in [4.78, 5) is 4.47. The number of halogens is 2. The maximum Gasteiger partial charge on any atom is 0.264 e. The summed E-state index contributed by atoms with van der Waals surface area (Å²) in [5.41, 5.74) is 2.70. The van der Waals surface area contributed by atoms with E-state index < -0.39 is 10.0 Å². The Morgan fingerprint density at radius 2 is 1.52 bits per heavy atom. The molecular weight excluding hydrogens is 481 g/mol. The number of benzene rings is 3. The van der Waals surface area contributed by atoms with E-state index in [1.54, 1.807) is 4.68 Å². The lowest BCUT2D eigenvalue weighted by atomic mass is 10.0. The minimum atomic E-state index is -3.89. The third-order valence-electron chi connectivity index (χ3n) is 5.11. The first-order chi connectivity index (χ1) is 15.9. The second kappa shape index (κ2) is 8.55. The van der Waals surface area contributed by atoms with Crippen LogP contribution in [0.5, 0.6) is 0 Å². The lowest BCUT2D eigenvalue weighted by Gasteiger charge is -2.24. The van der Waals surface area contributed by atoms with Crippen LogP contribution in [0.2, 0.25) is 10.0 Å². The van der Waals surface area contributed by atoms with Crippen LogP contribution in [0.4, 0.5) is 11.9 Å². The Morgan fingerprint density at radius 1 is 0.879 bits per heavy atom. The number of allylic oxidation sites excluding steroid dienone is 1. The number of fused-ring (bicyclic) bond motifs is 1. The topological polar surface area (TPSA) is 88.9 Å². The Kier molecular flexibility index (Phi) is 5.57. The molecule has 1 aliphatic heterocycles. The van der Waals surface area contributed by atoms with Gasteiger partial charge in [-0.05, 0) is 53.6 Å². The highest BCUT2D eigenvalue weighted by atomic mass is 35.5. The maximum atomic E-state index is 12.8. The monoisotopic (exact) mass is 497 g/mol. The fourth-order valence-corrected chi connectivity index (χ4v) is 4.71. The van der Waals surface area contributed by atoms with Gasteiger partial charge in [0.15, 0.2) is 0 Å². The first kappa shape index (κ1) is 21.5. The summed E-state index contributed by atoms with van der Waals surface area (Å²) in [6.07, 6.45) is 2.01. The predicted octanol–water partition coefficient (Wildman–Crippen LogP) is 5.44. The molecule has 0 fully saturated rings. The molecule has 1 atom stereocenters. The van der Waals surface area contributed by atoms with Gasteiger partial charge in [-0.1, -0.05) is 65.7 Å². The molecule has 1 aliphatic rings. The SMILES string of the molecule is O=S(=O)(Nc1nc2n(n1)[C@H](c1ccccc1)C=C(c1ccc(Cl)cc1)N2)c1ccc(Cl)cc1. The minimum Gasteiger partial charge on any atom is -0.324 e. The second-order valence-electron chi connectivity index (χ2n) is 7.33. The van der Waals surface area contributed by atoms with Gasteiger partial charge < -0.3 is 5.32 Å². The molecular formula is C23H17Cl2N5O2S. The molecule has 3 aromatic carbocycles. The van der Waals surface area contributed by atoms with E-state index in [1.807, 2.05) is 60.7 Å². The Balaban J connectivity index is 1.52. The molecule has 0 spiro atoms. The summed E-state index contributed by atoms with van der Waals surface area (Å²) in [5.74, 6) is 0.365. The van der Waals surface area contributed by atoms with Crippen LogP contribution in [0.15, 0.2) is 89.8 Å². The van der Waals surface area contributed by atoms with Crippen LogP contribution in [-0.2, 0) is 10.0 Å². The predicted molar refractivity (Wildman–Crippen MR) is 130 cm³/mol. The Hall–Kier alpha value is -3.33. The van der Waals surface area contributed by atoms with Gasteiger partial charge in [0.25, 0.3) is 16.0 Å². The van der Waals surface area contributed by atoms with Crippen LogP contribution in [-0.4, -0.2) is 23.2 Å². The Bertz CT molecular complexity index is 1430. The molecule has 0 saturated carbocycles. The highest BCUT2D eigenvalue weighted by Gasteiger charge is 2.27. The van der Waals surface area contributed by atoms with Crippen molar-refractivity contribution < 1.29 is 8.42 Å². The number of hydrogen-bond acceptors (Lipinski definition) is 5. The molecule has 5 rings (SSSR count). The van der Waals surface area contributed by atoms with Gasteiger partial charge in [-0.3, -0.25) is 0 Å². The van der Waals surface area contributed by atoms with E-state index in [-0.39, 0.29) is 16.9 Å². The van der Waals surface area contributed by atoms with Crippen molar-refractivity contribution in [1.82, 2.24) is 14.8 Å². The lowest BCUT2D eigenvalue weighted by molar-refractivity contribution is 0.598. The highest BCUT2D eigenvalue weighted by Crippen LogP contribution is 2.33. The van der Waals surface area contributed by atoms with Gasteiger partial charge in [-0.2, -0.15) is 4.98 Å². The van der Waals surface area contributed by atoms with Crippen LogP contribution in [0.1, 0.15) is 17.2 Å². The maximum absolute atomic E-state index is 12.8. The van der Waals surface area contributed by atoms with E-state index >= 15 is 0 Å². The van der Waals surface area contributed by atoms with Crippen LogP contribution >= 0.6 is 23.2 Å². The third-order valence-corrected chi connectivity index (χ3v) is 6.96. The molecule has 0 radical (unpaired) electrons. The van der Waals surface area contributed by atoms with Crippen LogP contribution < -0.4 is 10.0 Å². The molecule has 7 nitrogen and oxygen atoms in total. The van der Waals surface area contributed by atoms with Crippen molar-refractivity contribution in [2.45, 2.75) is 10.9 Å². The number of sulfonamides is 1. The average molecular weight is 498 g/mol. The van der Waals surface area contributed by atoms with Gasteiger partial charge in [0.1, 0.15) is 6.04 Å². The average Bonchev–Trinajstić information content (AvgIpc) is 3.21. The van der Waals surface area contributed by atoms with E-state index in [2.05, 4.69) is 20.1 Å². The molecule has 10 heteroatoms. The lowest BCUT2D eigenvalue weighted by Crippen LogP contribution is -2.20. The molecule has 1 aromatic heterocycles. The number of rotatable bonds is 5. The normalized spacial score (nSPS) is 15.3. The van der Waals surface area contributed by atoms with Gasteiger partial charge in [0.05, 0.1) is 4.90 Å². The largest absolute Gasteiger partial charge is 0.324 e. The zero-order valence-electron chi connectivity index (χ0n) is 17.0. The quantitative estimate of drug-likeness (QED) is 0.383. The number of aromatic nitrogens is 3. The van der Waals surface area contributed by atoms with E-state index in [1.165, 1.54) is 24.3 Å². The van der Waals surface area contributed by atoms with Crippen molar-refractivity contribution in [3.63, 3.8) is 0 Å². The molecule has 0 bridgehead atoms.